The van der Waals surface area contributed by atoms with Gasteiger partial charge in [-0.25, -0.2) is 0 Å². The summed E-state index contributed by atoms with van der Waals surface area (Å²) in [6.45, 7) is 4.10. The van der Waals surface area contributed by atoms with E-state index < -0.39 is 5.91 Å². The fraction of sp³-hybridized carbons (Fsp3) is 0. The molecule has 2 N–H and O–H groups in total. The van der Waals surface area contributed by atoms with Crippen molar-refractivity contribution in [2.45, 2.75) is 0 Å². The van der Waals surface area contributed by atoms with E-state index in [0.717, 1.165) is 5.57 Å². The minimum Gasteiger partial charge on any atom is -0.364 e. The number of benzene rings is 2. The second-order valence-electron chi connectivity index (χ2n) is 4.79. The summed E-state index contributed by atoms with van der Waals surface area (Å²) >= 11 is 0. The van der Waals surface area contributed by atoms with Gasteiger partial charge in [0.25, 0.3) is 5.91 Å². The summed E-state index contributed by atoms with van der Waals surface area (Å²) in [5.74, 6) is -0.490. The van der Waals surface area contributed by atoms with Gasteiger partial charge in [0.05, 0.1) is 0 Å². The van der Waals surface area contributed by atoms with Gasteiger partial charge < -0.3 is 5.73 Å². The molecule has 3 rings (SSSR count). The van der Waals surface area contributed by atoms with E-state index in [2.05, 4.69) is 35.8 Å². The van der Waals surface area contributed by atoms with Gasteiger partial charge in [0.15, 0.2) is 0 Å². The number of carbonyl (C=O) groups excluding carboxylic acids is 1. The van der Waals surface area contributed by atoms with Crippen LogP contribution < -0.4 is 5.73 Å². The third kappa shape index (κ3) is 4.93. The molecule has 0 aliphatic rings. The number of nitrogens with two attached hydrogens (primary N) is 1. The van der Waals surface area contributed by atoms with E-state index in [4.69, 9.17) is 5.73 Å². The Hall–Kier alpha value is -3.20. The number of nitrogens with zero attached hydrogens (tertiary/aromatic N) is 1. The SMILES string of the molecule is C=C(c1ccccc1)c1ccccc1.NC(=O)c1ccccn1. The Bertz CT molecular complexity index is 712. The molecule has 0 saturated carbocycles. The highest BCUT2D eigenvalue weighted by Gasteiger charge is 1.99. The van der Waals surface area contributed by atoms with Gasteiger partial charge in [-0.2, -0.15) is 0 Å². The van der Waals surface area contributed by atoms with Gasteiger partial charge in [-0.05, 0) is 28.8 Å². The van der Waals surface area contributed by atoms with Gasteiger partial charge in [0.2, 0.25) is 0 Å². The second kappa shape index (κ2) is 8.29. The number of hydrogen-bond acceptors (Lipinski definition) is 2. The van der Waals surface area contributed by atoms with Crippen LogP contribution in [-0.4, -0.2) is 10.9 Å². The van der Waals surface area contributed by atoms with E-state index in [1.54, 1.807) is 18.2 Å². The summed E-state index contributed by atoms with van der Waals surface area (Å²) in [4.78, 5) is 14.1. The van der Waals surface area contributed by atoms with Crippen molar-refractivity contribution in [3.05, 3.63) is 108 Å². The Morgan fingerprint density at radius 1 is 0.783 bits per heavy atom. The van der Waals surface area contributed by atoms with Crippen molar-refractivity contribution < 1.29 is 4.79 Å². The van der Waals surface area contributed by atoms with Gasteiger partial charge >= 0.3 is 0 Å². The van der Waals surface area contributed by atoms with Crippen LogP contribution in [0.25, 0.3) is 5.57 Å². The van der Waals surface area contributed by atoms with Crippen LogP contribution in [0, 0.1) is 0 Å². The summed E-state index contributed by atoms with van der Waals surface area (Å²) in [5.41, 5.74) is 8.65. The topological polar surface area (TPSA) is 56.0 Å². The monoisotopic (exact) mass is 302 g/mol. The minimum absolute atomic E-state index is 0.303. The van der Waals surface area contributed by atoms with Gasteiger partial charge in [-0.3, -0.25) is 9.78 Å². The lowest BCUT2D eigenvalue weighted by atomic mass is 10.0. The number of hydrogen-bond donors (Lipinski definition) is 1. The molecule has 0 bridgehead atoms. The second-order valence-corrected chi connectivity index (χ2v) is 4.79. The van der Waals surface area contributed by atoms with Gasteiger partial charge in [-0.1, -0.05) is 73.3 Å². The molecule has 0 atom stereocenters. The summed E-state index contributed by atoms with van der Waals surface area (Å²) < 4.78 is 0. The van der Waals surface area contributed by atoms with Crippen LogP contribution >= 0.6 is 0 Å². The first-order valence-corrected chi connectivity index (χ1v) is 7.19. The van der Waals surface area contributed by atoms with Crippen molar-refractivity contribution in [3.8, 4) is 0 Å². The molecule has 3 heteroatoms. The average molecular weight is 302 g/mol. The van der Waals surface area contributed by atoms with Crippen molar-refractivity contribution in [3.63, 3.8) is 0 Å². The molecule has 0 aliphatic heterocycles. The van der Waals surface area contributed by atoms with Gasteiger partial charge in [0.1, 0.15) is 5.69 Å². The Morgan fingerprint density at radius 2 is 1.26 bits per heavy atom. The molecule has 2 aromatic carbocycles. The third-order valence-corrected chi connectivity index (χ3v) is 3.16. The molecule has 23 heavy (non-hydrogen) atoms. The Kier molecular flexibility index (Phi) is 5.83. The van der Waals surface area contributed by atoms with E-state index >= 15 is 0 Å². The maximum atomic E-state index is 10.4. The van der Waals surface area contributed by atoms with Crippen LogP contribution in [0.2, 0.25) is 0 Å². The zero-order chi connectivity index (χ0) is 16.5. The lowest BCUT2D eigenvalue weighted by Gasteiger charge is -2.04. The molecule has 0 radical (unpaired) electrons. The Labute approximate surface area is 136 Å². The lowest BCUT2D eigenvalue weighted by Crippen LogP contribution is -2.12. The highest BCUT2D eigenvalue weighted by atomic mass is 16.1. The highest BCUT2D eigenvalue weighted by Crippen LogP contribution is 2.20. The minimum atomic E-state index is -0.490. The molecule has 0 saturated heterocycles. The van der Waals surface area contributed by atoms with Crippen LogP contribution in [0.4, 0.5) is 0 Å². The molecule has 1 heterocycles. The molecule has 3 nitrogen and oxygen atoms in total. The molecule has 1 amide bonds. The summed E-state index contributed by atoms with van der Waals surface area (Å²) in [5, 5.41) is 0. The number of rotatable bonds is 3. The summed E-state index contributed by atoms with van der Waals surface area (Å²) in [6.07, 6.45) is 1.53. The standard InChI is InChI=1S/C14H12.C6H6N2O/c1-12(13-8-4-2-5-9-13)14-10-6-3-7-11-14;7-6(9)5-3-1-2-4-8-5/h2-11H,1H2;1-4H,(H2,7,9). The molecule has 1 aromatic heterocycles. The van der Waals surface area contributed by atoms with E-state index in [-0.39, 0.29) is 0 Å². The molecule has 0 unspecified atom stereocenters. The number of amides is 1. The fourth-order valence-electron chi connectivity index (χ4n) is 1.95. The molecule has 3 aromatic rings. The Balaban J connectivity index is 0.000000185. The quantitative estimate of drug-likeness (QED) is 0.797. The molecule has 0 aliphatic carbocycles. The molecule has 114 valence electrons. The van der Waals surface area contributed by atoms with Crippen molar-refractivity contribution >= 4 is 11.5 Å². The maximum absolute atomic E-state index is 10.4. The summed E-state index contributed by atoms with van der Waals surface area (Å²) in [7, 11) is 0. The van der Waals surface area contributed by atoms with Gasteiger partial charge in [-0.15, -0.1) is 0 Å². The number of carbonyl (C=O) groups is 1. The van der Waals surface area contributed by atoms with Crippen molar-refractivity contribution in [2.24, 2.45) is 5.73 Å². The van der Waals surface area contributed by atoms with E-state index in [0.29, 0.717) is 5.69 Å². The lowest BCUT2D eigenvalue weighted by molar-refractivity contribution is 0.0995. The van der Waals surface area contributed by atoms with Crippen LogP contribution in [0.1, 0.15) is 21.6 Å². The normalized spacial score (nSPS) is 9.39. The van der Waals surface area contributed by atoms with E-state index in [1.807, 2.05) is 36.4 Å². The molecular weight excluding hydrogens is 284 g/mol. The zero-order valence-corrected chi connectivity index (χ0v) is 12.7. The first kappa shape index (κ1) is 16.2. The van der Waals surface area contributed by atoms with Crippen LogP contribution in [0.5, 0.6) is 0 Å². The van der Waals surface area contributed by atoms with E-state index in [1.165, 1.54) is 17.3 Å². The first-order valence-electron chi connectivity index (χ1n) is 7.19. The van der Waals surface area contributed by atoms with E-state index in [9.17, 15) is 4.79 Å². The Morgan fingerprint density at radius 3 is 1.61 bits per heavy atom. The molecular formula is C20H18N2O. The molecule has 0 spiro atoms. The largest absolute Gasteiger partial charge is 0.364 e. The summed E-state index contributed by atoms with van der Waals surface area (Å²) in [6, 6.07) is 25.5. The van der Waals surface area contributed by atoms with Crippen LogP contribution in [0.15, 0.2) is 91.6 Å². The predicted molar refractivity (Wildman–Crippen MR) is 93.8 cm³/mol. The van der Waals surface area contributed by atoms with Crippen molar-refractivity contribution in [1.29, 1.82) is 0 Å². The first-order chi connectivity index (χ1) is 11.2. The number of pyridine rings is 1. The predicted octanol–water partition coefficient (Wildman–Crippen LogP) is 3.93. The van der Waals surface area contributed by atoms with Crippen LogP contribution in [0.3, 0.4) is 0 Å². The number of primary amides is 1. The van der Waals surface area contributed by atoms with Crippen molar-refractivity contribution in [1.82, 2.24) is 4.98 Å². The highest BCUT2D eigenvalue weighted by molar-refractivity contribution is 5.90. The third-order valence-electron chi connectivity index (χ3n) is 3.16. The number of aromatic nitrogens is 1. The molecule has 0 fully saturated rings. The smallest absolute Gasteiger partial charge is 0.267 e. The fourth-order valence-corrected chi connectivity index (χ4v) is 1.95. The van der Waals surface area contributed by atoms with Gasteiger partial charge in [0, 0.05) is 6.20 Å². The maximum Gasteiger partial charge on any atom is 0.267 e. The zero-order valence-electron chi connectivity index (χ0n) is 12.7. The van der Waals surface area contributed by atoms with Crippen LogP contribution in [-0.2, 0) is 0 Å². The average Bonchev–Trinajstić information content (AvgIpc) is 2.64. The van der Waals surface area contributed by atoms with Crippen molar-refractivity contribution in [2.75, 3.05) is 0 Å².